The lowest BCUT2D eigenvalue weighted by molar-refractivity contribution is -0.113. The summed E-state index contributed by atoms with van der Waals surface area (Å²) in [6, 6.07) is 18.6. The zero-order chi connectivity index (χ0) is 17.8. The van der Waals surface area contributed by atoms with E-state index in [1.54, 1.807) is 22.7 Å². The predicted octanol–water partition coefficient (Wildman–Crippen LogP) is 5.36. The van der Waals surface area contributed by atoms with Gasteiger partial charge in [0.25, 0.3) is 0 Å². The van der Waals surface area contributed by atoms with Crippen LogP contribution in [0.3, 0.4) is 0 Å². The Kier molecular flexibility index (Phi) is 5.25. The summed E-state index contributed by atoms with van der Waals surface area (Å²) >= 11 is 3.33. The Morgan fingerprint density at radius 2 is 1.38 bits per heavy atom. The van der Waals surface area contributed by atoms with Crippen LogP contribution in [0.5, 0.6) is 0 Å². The molecule has 3 heterocycles. The van der Waals surface area contributed by atoms with Crippen LogP contribution in [0.2, 0.25) is 0 Å². The number of nitrogens with zero attached hydrogens (tertiary/aromatic N) is 1. The van der Waals surface area contributed by atoms with Gasteiger partial charge in [-0.1, -0.05) is 42.5 Å². The number of piperidine rings is 1. The van der Waals surface area contributed by atoms with Gasteiger partial charge < -0.3 is 0 Å². The van der Waals surface area contributed by atoms with Crippen LogP contribution in [0.4, 0.5) is 0 Å². The molecule has 3 aromatic rings. The molecule has 0 bridgehead atoms. The van der Waals surface area contributed by atoms with Gasteiger partial charge >= 0.3 is 0 Å². The summed E-state index contributed by atoms with van der Waals surface area (Å²) in [4.78, 5) is 17.6. The van der Waals surface area contributed by atoms with Crippen molar-refractivity contribution in [3.8, 4) is 0 Å². The highest BCUT2D eigenvalue weighted by atomic mass is 32.1. The molecule has 1 fully saturated rings. The molecule has 4 rings (SSSR count). The monoisotopic (exact) mass is 377 g/mol. The number of ketones is 1. The van der Waals surface area contributed by atoms with E-state index in [1.807, 2.05) is 41.1 Å². The van der Waals surface area contributed by atoms with Crippen molar-refractivity contribution in [2.45, 2.75) is 6.54 Å². The Morgan fingerprint density at radius 1 is 0.808 bits per heavy atom. The lowest BCUT2D eigenvalue weighted by atomic mass is 9.96. The third-order valence-electron chi connectivity index (χ3n) is 4.34. The zero-order valence-corrected chi connectivity index (χ0v) is 15.9. The van der Waals surface area contributed by atoms with Crippen molar-refractivity contribution < 1.29 is 4.79 Å². The molecule has 0 N–H and O–H groups in total. The molecule has 1 aromatic carbocycles. The first-order chi connectivity index (χ1) is 12.8. The zero-order valence-electron chi connectivity index (χ0n) is 14.3. The average molecular weight is 378 g/mol. The molecule has 1 aliphatic rings. The first kappa shape index (κ1) is 17.2. The highest BCUT2D eigenvalue weighted by Gasteiger charge is 2.26. The molecule has 2 aromatic heterocycles. The van der Waals surface area contributed by atoms with Crippen LogP contribution >= 0.6 is 22.7 Å². The summed E-state index contributed by atoms with van der Waals surface area (Å²) in [5, 5.41) is 4.09. The number of hydrogen-bond acceptors (Lipinski definition) is 4. The molecule has 0 aliphatic carbocycles. The largest absolute Gasteiger partial charge is 0.290 e. The van der Waals surface area contributed by atoms with E-state index in [-0.39, 0.29) is 5.78 Å². The molecular weight excluding hydrogens is 358 g/mol. The maximum Gasteiger partial charge on any atom is 0.187 e. The highest BCUT2D eigenvalue weighted by Crippen LogP contribution is 2.25. The Morgan fingerprint density at radius 3 is 1.88 bits per heavy atom. The van der Waals surface area contributed by atoms with Crippen molar-refractivity contribution in [3.63, 3.8) is 0 Å². The number of likely N-dealkylation sites (tertiary alicyclic amines) is 1. The topological polar surface area (TPSA) is 20.3 Å². The van der Waals surface area contributed by atoms with Crippen molar-refractivity contribution in [1.29, 1.82) is 0 Å². The third-order valence-corrected chi connectivity index (χ3v) is 5.98. The minimum absolute atomic E-state index is 0.177. The van der Waals surface area contributed by atoms with Crippen LogP contribution in [-0.4, -0.2) is 23.8 Å². The fraction of sp³-hybridized carbons (Fsp3) is 0.136. The second-order valence-electron chi connectivity index (χ2n) is 6.33. The number of carbonyl (C=O) groups is 1. The van der Waals surface area contributed by atoms with Gasteiger partial charge in [0.1, 0.15) is 0 Å². The van der Waals surface area contributed by atoms with Crippen molar-refractivity contribution in [2.75, 3.05) is 13.1 Å². The number of rotatable bonds is 4. The van der Waals surface area contributed by atoms with Gasteiger partial charge in [0.2, 0.25) is 0 Å². The number of Topliss-reactive ketones (excluding diaryl/α,β-unsaturated/α-hetero) is 1. The van der Waals surface area contributed by atoms with Crippen LogP contribution in [0.1, 0.15) is 15.3 Å². The standard InChI is InChI=1S/C22H19NOS2/c24-22-18(12-20-8-4-10-25-20)15-23(14-17-6-2-1-3-7-17)16-19(22)13-21-9-5-11-26-21/h1-13H,14-16H2. The van der Waals surface area contributed by atoms with Gasteiger partial charge in [-0.05, 0) is 40.6 Å². The van der Waals surface area contributed by atoms with Crippen molar-refractivity contribution in [2.24, 2.45) is 0 Å². The molecule has 26 heavy (non-hydrogen) atoms. The van der Waals surface area contributed by atoms with E-state index in [4.69, 9.17) is 0 Å². The molecule has 4 heteroatoms. The van der Waals surface area contributed by atoms with Gasteiger partial charge in [-0.3, -0.25) is 9.69 Å². The normalized spacial score (nSPS) is 18.7. The smallest absolute Gasteiger partial charge is 0.187 e. The lowest BCUT2D eigenvalue weighted by Gasteiger charge is -2.29. The average Bonchev–Trinajstić information content (AvgIpc) is 3.34. The van der Waals surface area contributed by atoms with E-state index >= 15 is 0 Å². The van der Waals surface area contributed by atoms with Gasteiger partial charge in [-0.2, -0.15) is 0 Å². The maximum absolute atomic E-state index is 13.0. The number of carbonyl (C=O) groups excluding carboxylic acids is 1. The van der Waals surface area contributed by atoms with E-state index in [0.717, 1.165) is 27.4 Å². The molecule has 1 saturated heterocycles. The van der Waals surface area contributed by atoms with Crippen molar-refractivity contribution >= 4 is 40.6 Å². The fourth-order valence-electron chi connectivity index (χ4n) is 3.15. The van der Waals surface area contributed by atoms with E-state index in [1.165, 1.54) is 5.56 Å². The van der Waals surface area contributed by atoms with Crippen LogP contribution in [0.15, 0.2) is 76.5 Å². The summed E-state index contributed by atoms with van der Waals surface area (Å²) in [5.41, 5.74) is 3.02. The summed E-state index contributed by atoms with van der Waals surface area (Å²) in [7, 11) is 0. The summed E-state index contributed by atoms with van der Waals surface area (Å²) < 4.78 is 0. The number of benzene rings is 1. The predicted molar refractivity (Wildman–Crippen MR) is 111 cm³/mol. The fourth-order valence-corrected chi connectivity index (χ4v) is 4.52. The van der Waals surface area contributed by atoms with E-state index in [0.29, 0.717) is 13.1 Å². The van der Waals surface area contributed by atoms with Crippen molar-refractivity contribution in [1.82, 2.24) is 4.90 Å². The van der Waals surface area contributed by atoms with Crippen LogP contribution < -0.4 is 0 Å². The quantitative estimate of drug-likeness (QED) is 0.570. The third kappa shape index (κ3) is 4.10. The molecule has 2 nitrogen and oxygen atoms in total. The Balaban J connectivity index is 1.64. The summed E-state index contributed by atoms with van der Waals surface area (Å²) in [6.07, 6.45) is 4.10. The lowest BCUT2D eigenvalue weighted by Crippen LogP contribution is -2.37. The van der Waals surface area contributed by atoms with Crippen LogP contribution in [0, 0.1) is 0 Å². The summed E-state index contributed by atoms with van der Waals surface area (Å²) in [5.74, 6) is 0.177. The molecule has 0 saturated carbocycles. The molecule has 0 unspecified atom stereocenters. The highest BCUT2D eigenvalue weighted by molar-refractivity contribution is 7.11. The Bertz CT molecular complexity index is 866. The van der Waals surface area contributed by atoms with Crippen molar-refractivity contribution in [3.05, 3.63) is 91.8 Å². The second-order valence-corrected chi connectivity index (χ2v) is 8.29. The minimum atomic E-state index is 0.177. The molecule has 0 atom stereocenters. The summed E-state index contributed by atoms with van der Waals surface area (Å²) in [6.45, 7) is 2.22. The van der Waals surface area contributed by atoms with Crippen LogP contribution in [0.25, 0.3) is 12.2 Å². The van der Waals surface area contributed by atoms with Gasteiger partial charge in [-0.15, -0.1) is 22.7 Å². The first-order valence-corrected chi connectivity index (χ1v) is 10.3. The minimum Gasteiger partial charge on any atom is -0.290 e. The molecule has 130 valence electrons. The molecular formula is C22H19NOS2. The van der Waals surface area contributed by atoms with Gasteiger partial charge in [0.05, 0.1) is 0 Å². The molecule has 0 spiro atoms. The van der Waals surface area contributed by atoms with Gasteiger partial charge in [-0.25, -0.2) is 0 Å². The van der Waals surface area contributed by atoms with Gasteiger partial charge in [0, 0.05) is 40.5 Å². The van der Waals surface area contributed by atoms with E-state index < -0.39 is 0 Å². The number of hydrogen-bond donors (Lipinski definition) is 0. The first-order valence-electron chi connectivity index (χ1n) is 8.57. The SMILES string of the molecule is O=C1C(=Cc2cccs2)CN(Cc2ccccc2)CC1=Cc1cccs1. The molecule has 1 aliphatic heterocycles. The van der Waals surface area contributed by atoms with Gasteiger partial charge in [0.15, 0.2) is 5.78 Å². The number of thiophene rings is 2. The Hall–Kier alpha value is -2.27. The van der Waals surface area contributed by atoms with E-state index in [9.17, 15) is 4.79 Å². The van der Waals surface area contributed by atoms with E-state index in [2.05, 4.69) is 41.3 Å². The molecule has 0 radical (unpaired) electrons. The van der Waals surface area contributed by atoms with Crippen LogP contribution in [-0.2, 0) is 11.3 Å². The maximum atomic E-state index is 13.0. The Labute approximate surface area is 161 Å². The second kappa shape index (κ2) is 7.96. The molecule has 0 amide bonds.